The number of nitrogens with zero attached hydrogens (tertiary/aromatic N) is 1. The molecular formula is C22H29Cl2NO8. The summed E-state index contributed by atoms with van der Waals surface area (Å²) in [5.41, 5.74) is -1.43. The third kappa shape index (κ3) is 6.80. The number of hydrogen-bond donors (Lipinski definition) is 4. The lowest BCUT2D eigenvalue weighted by atomic mass is 9.76. The summed E-state index contributed by atoms with van der Waals surface area (Å²) in [6, 6.07) is 7.43. The van der Waals surface area contributed by atoms with E-state index in [2.05, 4.69) is 18.0 Å². The van der Waals surface area contributed by atoms with E-state index in [0.717, 1.165) is 6.61 Å². The van der Waals surface area contributed by atoms with Gasteiger partial charge in [0.1, 0.15) is 0 Å². The summed E-state index contributed by atoms with van der Waals surface area (Å²) in [4.78, 5) is 33.0. The zero-order valence-corrected chi connectivity index (χ0v) is 19.9. The average Bonchev–Trinajstić information content (AvgIpc) is 2.94. The summed E-state index contributed by atoms with van der Waals surface area (Å²) >= 11 is 12.2. The van der Waals surface area contributed by atoms with E-state index >= 15 is 0 Å². The Morgan fingerprint density at radius 2 is 1.70 bits per heavy atom. The molecule has 2 aliphatic rings. The summed E-state index contributed by atoms with van der Waals surface area (Å²) in [6.45, 7) is 0.812. The second-order valence-electron chi connectivity index (χ2n) is 8.58. The third-order valence-electron chi connectivity index (χ3n) is 6.45. The molecule has 2 bridgehead atoms. The molecule has 4 atom stereocenters. The summed E-state index contributed by atoms with van der Waals surface area (Å²) in [5.74, 6) is -3.95. The van der Waals surface area contributed by atoms with Gasteiger partial charge >= 0.3 is 17.9 Å². The first-order chi connectivity index (χ1) is 15.4. The number of hydrogen-bond acceptors (Lipinski definition) is 6. The highest BCUT2D eigenvalue weighted by Gasteiger charge is 2.45. The minimum absolute atomic E-state index is 0.526. The van der Waals surface area contributed by atoms with Crippen LogP contribution in [0.1, 0.15) is 43.6 Å². The van der Waals surface area contributed by atoms with Crippen LogP contribution in [0.25, 0.3) is 0 Å². The van der Waals surface area contributed by atoms with E-state index in [1.54, 1.807) is 7.11 Å². The van der Waals surface area contributed by atoms with Crippen molar-refractivity contribution in [1.82, 2.24) is 4.90 Å². The van der Waals surface area contributed by atoms with E-state index in [1.807, 2.05) is 12.1 Å². The summed E-state index contributed by atoms with van der Waals surface area (Å²) in [5, 5.41) is 35.1. The van der Waals surface area contributed by atoms with Crippen molar-refractivity contribution in [1.29, 1.82) is 0 Å². The van der Waals surface area contributed by atoms with Gasteiger partial charge in [0.15, 0.2) is 5.60 Å². The maximum Gasteiger partial charge on any atom is 0.336 e. The van der Waals surface area contributed by atoms with Gasteiger partial charge in [-0.2, -0.15) is 0 Å². The highest BCUT2D eigenvalue weighted by atomic mass is 35.5. The third-order valence-corrected chi connectivity index (χ3v) is 7.19. The van der Waals surface area contributed by atoms with Gasteiger partial charge in [-0.3, -0.25) is 9.59 Å². The fourth-order valence-electron chi connectivity index (χ4n) is 4.84. The lowest BCUT2D eigenvalue weighted by Crippen LogP contribution is -2.47. The minimum atomic E-state index is -2.74. The number of carboxylic acid groups (broad SMARTS) is 3. The van der Waals surface area contributed by atoms with Crippen LogP contribution >= 0.6 is 23.2 Å². The second kappa shape index (κ2) is 11.5. The van der Waals surface area contributed by atoms with Crippen molar-refractivity contribution in [2.75, 3.05) is 20.8 Å². The maximum absolute atomic E-state index is 10.3. The molecule has 0 radical (unpaired) electrons. The Morgan fingerprint density at radius 3 is 2.18 bits per heavy atom. The highest BCUT2D eigenvalue weighted by molar-refractivity contribution is 6.42. The van der Waals surface area contributed by atoms with Crippen LogP contribution in [0, 0.1) is 5.92 Å². The Kier molecular flexibility index (Phi) is 9.51. The first kappa shape index (κ1) is 27.3. The van der Waals surface area contributed by atoms with E-state index in [-0.39, 0.29) is 0 Å². The SMILES string of the molecule is COC[C@@H]1[C@@H](c2ccc(Cl)c(Cl)c2)C[C@@H]2CC[C@H]1N2C.O=C(O)CC(O)(CC(=O)O)C(=O)O. The Morgan fingerprint density at radius 1 is 1.09 bits per heavy atom. The molecule has 1 aromatic rings. The molecule has 184 valence electrons. The van der Waals surface area contributed by atoms with Crippen molar-refractivity contribution in [2.24, 2.45) is 5.92 Å². The van der Waals surface area contributed by atoms with Gasteiger partial charge < -0.3 is 30.1 Å². The van der Waals surface area contributed by atoms with E-state index in [1.165, 1.54) is 24.8 Å². The van der Waals surface area contributed by atoms with E-state index in [4.69, 9.17) is 48.4 Å². The molecular weight excluding hydrogens is 477 g/mol. The largest absolute Gasteiger partial charge is 0.481 e. The van der Waals surface area contributed by atoms with E-state index in [0.29, 0.717) is 34.0 Å². The molecule has 4 N–H and O–H groups in total. The average molecular weight is 506 g/mol. The normalized spacial score (nSPS) is 24.6. The van der Waals surface area contributed by atoms with Crippen molar-refractivity contribution in [3.05, 3.63) is 33.8 Å². The first-order valence-corrected chi connectivity index (χ1v) is 11.2. The number of carboxylic acids is 3. The predicted molar refractivity (Wildman–Crippen MR) is 121 cm³/mol. The molecule has 2 saturated heterocycles. The molecule has 33 heavy (non-hydrogen) atoms. The predicted octanol–water partition coefficient (Wildman–Crippen LogP) is 2.96. The number of rotatable bonds is 8. The molecule has 2 aliphatic heterocycles. The van der Waals surface area contributed by atoms with E-state index in [9.17, 15) is 14.4 Å². The van der Waals surface area contributed by atoms with Crippen molar-refractivity contribution in [2.45, 2.75) is 55.7 Å². The summed E-state index contributed by atoms with van der Waals surface area (Å²) in [6.07, 6.45) is 1.49. The minimum Gasteiger partial charge on any atom is -0.481 e. The molecule has 0 aromatic heterocycles. The van der Waals surface area contributed by atoms with Crippen LogP contribution in [0.3, 0.4) is 0 Å². The smallest absolute Gasteiger partial charge is 0.336 e. The van der Waals surface area contributed by atoms with Crippen LogP contribution in [-0.4, -0.2) is 81.7 Å². The molecule has 2 fully saturated rings. The number of carbonyl (C=O) groups is 3. The maximum atomic E-state index is 10.3. The fourth-order valence-corrected chi connectivity index (χ4v) is 5.14. The number of benzene rings is 1. The van der Waals surface area contributed by atoms with Crippen LogP contribution in [0.5, 0.6) is 0 Å². The Balaban J connectivity index is 0.000000260. The Hall–Kier alpha value is -1.91. The van der Waals surface area contributed by atoms with Crippen molar-refractivity contribution < 1.29 is 39.5 Å². The van der Waals surface area contributed by atoms with Gasteiger partial charge in [0.25, 0.3) is 0 Å². The Bertz CT molecular complexity index is 864. The van der Waals surface area contributed by atoms with Crippen molar-refractivity contribution >= 4 is 41.1 Å². The monoisotopic (exact) mass is 505 g/mol. The number of aliphatic carboxylic acids is 3. The van der Waals surface area contributed by atoms with Crippen LogP contribution < -0.4 is 0 Å². The lowest BCUT2D eigenvalue weighted by Gasteiger charge is -2.43. The van der Waals surface area contributed by atoms with Crippen molar-refractivity contribution in [3.63, 3.8) is 0 Å². The highest BCUT2D eigenvalue weighted by Crippen LogP contribution is 2.46. The zero-order valence-electron chi connectivity index (χ0n) is 18.4. The quantitative estimate of drug-likeness (QED) is 0.418. The number of fused-ring (bicyclic) bond motifs is 2. The van der Waals surface area contributed by atoms with Crippen molar-refractivity contribution in [3.8, 4) is 0 Å². The molecule has 0 amide bonds. The summed E-state index contributed by atoms with van der Waals surface area (Å²) in [7, 11) is 4.06. The standard InChI is InChI=1S/C16H21Cl2NO.C6H8O7/c1-19-11-4-6-16(19)13(9-20-2)12(8-11)10-3-5-14(17)15(18)7-10;7-3(8)1-6(13,5(11)12)2-4(9)10/h3,5,7,11-13,16H,4,6,8-9H2,1-2H3;13H,1-2H2,(H,7,8)(H,9,10)(H,11,12)/t11-,12+,13+,16+;/m0./s1. The zero-order chi connectivity index (χ0) is 24.9. The number of methoxy groups -OCH3 is 1. The Labute approximate surface area is 201 Å². The molecule has 0 unspecified atom stereocenters. The van der Waals surface area contributed by atoms with Gasteiger partial charge in [-0.1, -0.05) is 29.3 Å². The van der Waals surface area contributed by atoms with Crippen LogP contribution in [-0.2, 0) is 19.1 Å². The van der Waals surface area contributed by atoms with Crippen LogP contribution in [0.4, 0.5) is 0 Å². The molecule has 1 aromatic carbocycles. The van der Waals surface area contributed by atoms with Gasteiger partial charge in [0.2, 0.25) is 0 Å². The number of piperidine rings is 1. The fraction of sp³-hybridized carbons (Fsp3) is 0.591. The van der Waals surface area contributed by atoms with Gasteiger partial charge in [-0.15, -0.1) is 0 Å². The first-order valence-electron chi connectivity index (χ1n) is 10.4. The molecule has 0 saturated carbocycles. The number of halogens is 2. The van der Waals surface area contributed by atoms with Gasteiger partial charge in [0.05, 0.1) is 29.5 Å². The van der Waals surface area contributed by atoms with Gasteiger partial charge in [-0.05, 0) is 49.9 Å². The topological polar surface area (TPSA) is 145 Å². The van der Waals surface area contributed by atoms with Crippen LogP contribution in [0.2, 0.25) is 10.0 Å². The van der Waals surface area contributed by atoms with Gasteiger partial charge in [-0.25, -0.2) is 4.79 Å². The van der Waals surface area contributed by atoms with Gasteiger partial charge in [0, 0.05) is 25.1 Å². The second-order valence-corrected chi connectivity index (χ2v) is 9.39. The molecule has 0 spiro atoms. The molecule has 11 heteroatoms. The summed E-state index contributed by atoms with van der Waals surface area (Å²) < 4.78 is 5.50. The van der Waals surface area contributed by atoms with E-state index < -0.39 is 36.4 Å². The lowest BCUT2D eigenvalue weighted by molar-refractivity contribution is -0.170. The molecule has 3 rings (SSSR count). The molecule has 9 nitrogen and oxygen atoms in total. The number of aliphatic hydroxyl groups is 1. The molecule has 0 aliphatic carbocycles. The molecule has 2 heterocycles. The number of ether oxygens (including phenoxy) is 1. The van der Waals surface area contributed by atoms with Crippen LogP contribution in [0.15, 0.2) is 18.2 Å².